The van der Waals surface area contributed by atoms with Crippen LogP contribution in [0.1, 0.15) is 188 Å². The van der Waals surface area contributed by atoms with Crippen molar-refractivity contribution in [2.75, 3.05) is 85.3 Å². The second-order valence-corrected chi connectivity index (χ2v) is 25.5. The minimum absolute atomic E-state index is 0.0257. The lowest BCUT2D eigenvalue weighted by Crippen LogP contribution is -2.48. The average molecular weight is 1430 g/mol. The standard InChI is InChI=1S/C72H96N20O12/c1-7-31-101-55-45-23-21-24-46(55)36-50-40-54(80-66-84-62(74)82-64(86-66)78-30-20-16-12-14-18-28-76-60(94)44(6)92-71(99)89-68(96)90-72(92)100)42-52(58(50)104-34-10-4)38-48-26-22-25-47(56(48)102-32-8-2)37-51-41-53(39-49(35-45)57(51)103-33-9-3)79-65-83-61(73)81-63(85-65)77-29-19-15-11-13-17-27-75-59(93)43(5)91-69(97)87-67(95)88-70(91)98/h21-26,39-44H,7-20,27-38H2,1-6H3,(H,75,93)(H,76,94)(H2,87,88,95,97,98)(H2,89,90,96,99,100)(H4,73,77,79,81,83,85)(H4,74,78,80,82,84,86). The van der Waals surface area contributed by atoms with Crippen LogP contribution in [0.25, 0.3) is 0 Å². The van der Waals surface area contributed by atoms with Crippen molar-refractivity contribution in [2.24, 2.45) is 0 Å². The first kappa shape index (κ1) is 76.8. The minimum atomic E-state index is -1.11. The predicted molar refractivity (Wildman–Crippen MR) is 398 cm³/mol. The van der Waals surface area contributed by atoms with Gasteiger partial charge in [-0.2, -0.15) is 29.9 Å². The van der Waals surface area contributed by atoms with E-state index in [1.807, 2.05) is 19.9 Å². The number of carbonyl (C=O) groups excluding carboxylic acids is 2. The molecule has 32 nitrogen and oxygen atoms in total. The number of rotatable bonds is 38. The number of nitrogens with one attached hydrogen (secondary N) is 10. The number of fused-ring (bicyclic) bond motifs is 8. The third-order valence-corrected chi connectivity index (χ3v) is 17.1. The third-order valence-electron chi connectivity index (χ3n) is 17.1. The van der Waals surface area contributed by atoms with Crippen LogP contribution >= 0.6 is 0 Å². The van der Waals surface area contributed by atoms with Gasteiger partial charge < -0.3 is 62.3 Å². The largest absolute Gasteiger partial charge is 0.493 e. The Kier molecular flexibility index (Phi) is 28.1. The lowest BCUT2D eigenvalue weighted by Gasteiger charge is -2.24. The van der Waals surface area contributed by atoms with E-state index >= 15 is 0 Å². The van der Waals surface area contributed by atoms with Crippen LogP contribution in [0.3, 0.4) is 0 Å². The smallest absolute Gasteiger partial charge is 0.334 e. The summed E-state index contributed by atoms with van der Waals surface area (Å²) < 4.78 is 28.7. The highest BCUT2D eigenvalue weighted by molar-refractivity contribution is 5.80. The molecule has 0 spiro atoms. The Morgan fingerprint density at radius 3 is 1.00 bits per heavy atom. The monoisotopic (exact) mass is 1430 g/mol. The predicted octanol–water partition coefficient (Wildman–Crippen LogP) is 7.10. The van der Waals surface area contributed by atoms with Crippen molar-refractivity contribution in [3.05, 3.63) is 168 Å². The third kappa shape index (κ3) is 21.4. The first-order chi connectivity index (χ1) is 50.3. The topological polar surface area (TPSA) is 448 Å². The van der Waals surface area contributed by atoms with Crippen molar-refractivity contribution in [2.45, 2.75) is 169 Å². The molecule has 8 aromatic rings. The van der Waals surface area contributed by atoms with Gasteiger partial charge >= 0.3 is 34.1 Å². The highest BCUT2D eigenvalue weighted by Crippen LogP contribution is 2.42. The first-order valence-electron chi connectivity index (χ1n) is 35.9. The number of aromatic nitrogens is 12. The Morgan fingerprint density at radius 2 is 0.692 bits per heavy atom. The number of nitrogens with zero attached hydrogens (tertiary/aromatic N) is 8. The summed E-state index contributed by atoms with van der Waals surface area (Å²) in [6.45, 7) is 14.8. The molecular formula is C72H96N20O12. The minimum Gasteiger partial charge on any atom is -0.493 e. The molecule has 2 atom stereocenters. The van der Waals surface area contributed by atoms with Gasteiger partial charge in [0.25, 0.3) is 0 Å². The maximum absolute atomic E-state index is 12.7. The van der Waals surface area contributed by atoms with E-state index in [-0.39, 0.29) is 23.8 Å². The number of H-pyrrole nitrogens is 4. The van der Waals surface area contributed by atoms with E-state index in [0.717, 1.165) is 145 Å². The molecule has 0 saturated carbocycles. The normalized spacial score (nSPS) is 12.4. The van der Waals surface area contributed by atoms with Gasteiger partial charge in [0.1, 0.15) is 35.1 Å². The molecule has 4 aromatic heterocycles. The zero-order valence-electron chi connectivity index (χ0n) is 59.9. The fourth-order valence-corrected chi connectivity index (χ4v) is 12.2. The molecule has 556 valence electrons. The molecule has 0 aliphatic heterocycles. The molecular weight excluding hydrogens is 1340 g/mol. The van der Waals surface area contributed by atoms with Gasteiger partial charge in [-0.25, -0.2) is 37.9 Å². The van der Waals surface area contributed by atoms with Crippen LogP contribution in [-0.4, -0.2) is 123 Å². The number of amides is 2. The molecule has 2 unspecified atom stereocenters. The maximum atomic E-state index is 12.7. The van der Waals surface area contributed by atoms with Gasteiger partial charge in [-0.3, -0.25) is 29.5 Å². The SMILES string of the molecule is CCCOc1c2cccc1Cc1cc(Nc3nc(N)nc(NCCCCCCCNC(=O)C(C)n4c(=O)[nH]c(=O)[nH]c4=O)n3)cc(c1OCCC)Cc1cccc(c1OCCC)Cc1cc(Nc3nc(N)nc(NCCCCCCCNC(=O)C(C)n4c(=O)[nH]c(=O)[nH]c4=O)n3)cc(c1OCCC)C2. The Labute approximate surface area is 600 Å². The summed E-state index contributed by atoms with van der Waals surface area (Å²) in [5.74, 6) is 3.12. The van der Waals surface area contributed by atoms with Crippen LogP contribution in [-0.2, 0) is 35.3 Å². The van der Waals surface area contributed by atoms with Crippen molar-refractivity contribution in [3.63, 3.8) is 0 Å². The van der Waals surface area contributed by atoms with Gasteiger partial charge in [-0.05, 0) is 112 Å². The number of hydrogen-bond donors (Lipinski definition) is 12. The number of unbranched alkanes of at least 4 members (excludes halogenated alkanes) is 8. The van der Waals surface area contributed by atoms with Gasteiger partial charge in [0.15, 0.2) is 0 Å². The van der Waals surface area contributed by atoms with Gasteiger partial charge in [0.05, 0.1) is 26.4 Å². The molecule has 2 amide bonds. The summed E-state index contributed by atoms with van der Waals surface area (Å²) in [4.78, 5) is 132. The second-order valence-electron chi connectivity index (χ2n) is 25.5. The summed E-state index contributed by atoms with van der Waals surface area (Å²) in [7, 11) is 0. The Bertz CT molecular complexity index is 4180. The number of para-hydroxylation sites is 2. The zero-order chi connectivity index (χ0) is 74.1. The Hall–Kier alpha value is -11.3. The van der Waals surface area contributed by atoms with Gasteiger partial charge in [0, 0.05) is 85.5 Å². The number of aromatic amines is 4. The zero-order valence-corrected chi connectivity index (χ0v) is 59.9. The number of nitrogens with two attached hydrogens (primary N) is 2. The summed E-state index contributed by atoms with van der Waals surface area (Å²) in [5.41, 5.74) is 15.8. The van der Waals surface area contributed by atoms with E-state index in [2.05, 4.69) is 140 Å². The molecule has 0 radical (unpaired) electrons. The summed E-state index contributed by atoms with van der Waals surface area (Å²) in [6.07, 6.45) is 12.8. The van der Waals surface area contributed by atoms with E-state index in [0.29, 0.717) is 124 Å². The highest BCUT2D eigenvalue weighted by Gasteiger charge is 2.26. The molecule has 0 saturated heterocycles. The van der Waals surface area contributed by atoms with Crippen LogP contribution < -0.4 is 96.5 Å². The molecule has 1 aliphatic rings. The first-order valence-corrected chi connectivity index (χ1v) is 35.9. The molecule has 4 aromatic carbocycles. The van der Waals surface area contributed by atoms with Gasteiger partial charge in [-0.1, -0.05) is 103 Å². The Morgan fingerprint density at radius 1 is 0.413 bits per heavy atom. The number of benzene rings is 4. The number of anilines is 8. The number of nitrogen functional groups attached to an aromatic ring is 2. The van der Waals surface area contributed by atoms with Crippen molar-refractivity contribution < 1.29 is 28.5 Å². The van der Waals surface area contributed by atoms with E-state index in [9.17, 15) is 38.4 Å². The van der Waals surface area contributed by atoms with Crippen molar-refractivity contribution in [3.8, 4) is 23.0 Å². The van der Waals surface area contributed by atoms with Gasteiger partial charge in [0.2, 0.25) is 47.5 Å². The summed E-state index contributed by atoms with van der Waals surface area (Å²) >= 11 is 0. The van der Waals surface area contributed by atoms with E-state index < -0.39 is 58.0 Å². The van der Waals surface area contributed by atoms with Gasteiger partial charge in [-0.15, -0.1) is 0 Å². The summed E-state index contributed by atoms with van der Waals surface area (Å²) in [6, 6.07) is 18.6. The van der Waals surface area contributed by atoms with Crippen LogP contribution in [0.4, 0.5) is 47.1 Å². The number of ether oxygens (including phenoxy) is 4. The molecule has 8 bridgehead atoms. The van der Waals surface area contributed by atoms with E-state index in [1.165, 1.54) is 13.8 Å². The lowest BCUT2D eigenvalue weighted by atomic mass is 9.90. The van der Waals surface area contributed by atoms with Crippen LogP contribution in [0, 0.1) is 0 Å². The molecule has 1 aliphatic carbocycles. The molecule has 14 N–H and O–H groups in total. The molecule has 9 rings (SSSR count). The average Bonchev–Trinajstić information content (AvgIpc) is 0.770. The summed E-state index contributed by atoms with van der Waals surface area (Å²) in [5, 5.41) is 19.1. The number of hydrogen-bond acceptors (Lipinski definition) is 24. The number of carbonyl (C=O) groups is 2. The quantitative estimate of drug-likeness (QED) is 0.0172. The van der Waals surface area contributed by atoms with E-state index in [1.54, 1.807) is 0 Å². The molecule has 0 fully saturated rings. The second kappa shape index (κ2) is 38.1. The van der Waals surface area contributed by atoms with Crippen LogP contribution in [0.15, 0.2) is 89.4 Å². The molecule has 4 heterocycles. The molecule has 104 heavy (non-hydrogen) atoms. The van der Waals surface area contributed by atoms with Crippen molar-refractivity contribution in [1.82, 2.24) is 69.6 Å². The fourth-order valence-electron chi connectivity index (χ4n) is 12.2. The van der Waals surface area contributed by atoms with Crippen molar-refractivity contribution >= 4 is 58.9 Å². The fraction of sp³-hybridized carbons (Fsp3) is 0.472. The Balaban J connectivity index is 0.929. The van der Waals surface area contributed by atoms with Crippen LogP contribution in [0.5, 0.6) is 23.0 Å². The van der Waals surface area contributed by atoms with Crippen LogP contribution in [0.2, 0.25) is 0 Å². The maximum Gasteiger partial charge on any atom is 0.334 e. The highest BCUT2D eigenvalue weighted by atomic mass is 16.5. The lowest BCUT2D eigenvalue weighted by molar-refractivity contribution is -0.124. The van der Waals surface area contributed by atoms with E-state index in [4.69, 9.17) is 40.4 Å². The van der Waals surface area contributed by atoms with Crippen molar-refractivity contribution in [1.29, 1.82) is 0 Å². The molecule has 32 heteroatoms.